The van der Waals surface area contributed by atoms with E-state index in [1.54, 1.807) is 0 Å². The highest BCUT2D eigenvalue weighted by molar-refractivity contribution is 7.89. The molecule has 1 saturated heterocycles. The maximum Gasteiger partial charge on any atom is 0.416 e. The van der Waals surface area contributed by atoms with E-state index in [-0.39, 0.29) is 76.4 Å². The highest BCUT2D eigenvalue weighted by Gasteiger charge is 2.47. The summed E-state index contributed by atoms with van der Waals surface area (Å²) in [4.78, 5) is 14.5. The Morgan fingerprint density at radius 3 is 2.06 bits per heavy atom. The molecular formula is C22H31ClF5N3O4S. The summed E-state index contributed by atoms with van der Waals surface area (Å²) in [6.07, 6.45) is -6.17. The van der Waals surface area contributed by atoms with Crippen LogP contribution in [0.15, 0.2) is 24.3 Å². The number of nitrogens with zero attached hydrogens (tertiary/aromatic N) is 2. The Balaban J connectivity index is 0.00000456. The van der Waals surface area contributed by atoms with E-state index in [0.29, 0.717) is 0 Å². The quantitative estimate of drug-likeness (QED) is 0.498. The molecule has 1 unspecified atom stereocenters. The number of carbonyl (C=O) groups is 1. The number of rotatable bonds is 7. The molecule has 1 amide bonds. The molecule has 0 spiro atoms. The van der Waals surface area contributed by atoms with E-state index in [4.69, 9.17) is 0 Å². The lowest BCUT2D eigenvalue weighted by Crippen LogP contribution is -2.63. The van der Waals surface area contributed by atoms with Crippen molar-refractivity contribution < 1.29 is 40.3 Å². The van der Waals surface area contributed by atoms with Gasteiger partial charge in [0, 0.05) is 56.7 Å². The van der Waals surface area contributed by atoms with Crippen molar-refractivity contribution in [3.8, 4) is 0 Å². The van der Waals surface area contributed by atoms with Gasteiger partial charge < -0.3 is 10.4 Å². The molecule has 1 saturated carbocycles. The van der Waals surface area contributed by atoms with Crippen LogP contribution < -0.4 is 5.32 Å². The first-order valence-electron chi connectivity index (χ1n) is 11.4. The fourth-order valence-corrected chi connectivity index (χ4v) is 6.23. The fraction of sp³-hybridized carbons (Fsp3) is 0.682. The van der Waals surface area contributed by atoms with Crippen molar-refractivity contribution in [2.45, 2.75) is 56.3 Å². The van der Waals surface area contributed by atoms with Crippen molar-refractivity contribution in [3.63, 3.8) is 0 Å². The number of carbonyl (C=O) groups excluding carboxylic acids is 1. The number of benzene rings is 1. The van der Waals surface area contributed by atoms with E-state index in [9.17, 15) is 40.3 Å². The number of aliphatic hydroxyl groups excluding tert-OH is 1. The Kier molecular flexibility index (Phi) is 9.77. The lowest BCUT2D eigenvalue weighted by molar-refractivity contribution is -0.137. The lowest BCUT2D eigenvalue weighted by Gasteiger charge is -2.50. The molecule has 1 aliphatic carbocycles. The Hall–Kier alpha value is -1.54. The summed E-state index contributed by atoms with van der Waals surface area (Å²) >= 11 is 0. The standard InChI is InChI=1S/C22H30F5N3O4S.ClH/c1-16(31)14-35(33,34)30-12-10-29(11-13-30)20(6-8-21(23,24)9-7-20)15-28-19(32)17-2-4-18(5-3-17)22(25,26)27;/h2-5,16,31H,6-15H2,1H3,(H,28,32);1H. The normalized spacial score (nSPS) is 21.9. The van der Waals surface area contributed by atoms with Crippen LogP contribution in [0.4, 0.5) is 22.0 Å². The van der Waals surface area contributed by atoms with Crippen molar-refractivity contribution in [2.24, 2.45) is 0 Å². The molecule has 1 atom stereocenters. The minimum absolute atomic E-state index is 0. The zero-order valence-electron chi connectivity index (χ0n) is 19.7. The van der Waals surface area contributed by atoms with E-state index in [1.165, 1.54) is 11.2 Å². The first kappa shape index (κ1) is 30.7. The van der Waals surface area contributed by atoms with Crippen LogP contribution in [-0.2, 0) is 16.2 Å². The number of piperazine rings is 1. The Morgan fingerprint density at radius 1 is 1.06 bits per heavy atom. The average molecular weight is 564 g/mol. The second kappa shape index (κ2) is 11.5. The van der Waals surface area contributed by atoms with Gasteiger partial charge >= 0.3 is 6.18 Å². The minimum Gasteiger partial charge on any atom is -0.392 e. The zero-order chi connectivity index (χ0) is 26.1. The van der Waals surface area contributed by atoms with E-state index < -0.39 is 51.0 Å². The summed E-state index contributed by atoms with van der Waals surface area (Å²) < 4.78 is 92.3. The first-order valence-corrected chi connectivity index (χ1v) is 13.0. The predicted octanol–water partition coefficient (Wildman–Crippen LogP) is 3.13. The molecule has 2 aliphatic rings. The van der Waals surface area contributed by atoms with E-state index in [2.05, 4.69) is 5.32 Å². The molecule has 0 aromatic heterocycles. The van der Waals surface area contributed by atoms with Gasteiger partial charge in [-0.2, -0.15) is 17.5 Å². The molecule has 1 aliphatic heterocycles. The first-order chi connectivity index (χ1) is 16.1. The van der Waals surface area contributed by atoms with Crippen molar-refractivity contribution >= 4 is 28.3 Å². The second-order valence-corrected chi connectivity index (χ2v) is 11.4. The molecule has 7 nitrogen and oxygen atoms in total. The number of aliphatic hydroxyl groups is 1. The number of nitrogens with one attached hydrogen (secondary N) is 1. The molecule has 14 heteroatoms. The van der Waals surface area contributed by atoms with Crippen LogP contribution in [-0.4, -0.2) is 84.7 Å². The van der Waals surface area contributed by atoms with Crippen molar-refractivity contribution in [1.82, 2.24) is 14.5 Å². The SMILES string of the molecule is CC(O)CS(=O)(=O)N1CCN(C2(CNC(=O)c3ccc(C(F)(F)F)cc3)CCC(F)(F)CC2)CC1.Cl. The van der Waals surface area contributed by atoms with Gasteiger partial charge in [-0.15, -0.1) is 12.4 Å². The average Bonchev–Trinajstić information content (AvgIpc) is 2.77. The maximum atomic E-state index is 13.9. The van der Waals surface area contributed by atoms with Crippen molar-refractivity contribution in [2.75, 3.05) is 38.5 Å². The van der Waals surface area contributed by atoms with Gasteiger partial charge in [0.15, 0.2) is 0 Å². The van der Waals surface area contributed by atoms with Gasteiger partial charge in [-0.05, 0) is 44.0 Å². The van der Waals surface area contributed by atoms with Gasteiger partial charge in [0.05, 0.1) is 17.4 Å². The molecule has 1 aromatic carbocycles. The van der Waals surface area contributed by atoms with E-state index in [1.807, 2.05) is 4.90 Å². The topological polar surface area (TPSA) is 89.9 Å². The molecular weight excluding hydrogens is 533 g/mol. The second-order valence-electron chi connectivity index (χ2n) is 9.35. The summed E-state index contributed by atoms with van der Waals surface area (Å²) in [5.74, 6) is -3.86. The number of sulfonamides is 1. The van der Waals surface area contributed by atoms with Gasteiger partial charge in [-0.25, -0.2) is 17.2 Å². The van der Waals surface area contributed by atoms with Gasteiger partial charge in [-0.1, -0.05) is 0 Å². The van der Waals surface area contributed by atoms with Crippen molar-refractivity contribution in [1.29, 1.82) is 0 Å². The van der Waals surface area contributed by atoms with Crippen LogP contribution in [0.2, 0.25) is 0 Å². The third-order valence-corrected chi connectivity index (χ3v) is 8.77. The summed E-state index contributed by atoms with van der Waals surface area (Å²) in [5.41, 5.74) is -1.70. The molecule has 1 heterocycles. The summed E-state index contributed by atoms with van der Waals surface area (Å²) in [6, 6.07) is 3.73. The summed E-state index contributed by atoms with van der Waals surface area (Å²) in [6.45, 7) is 2.16. The Labute approximate surface area is 213 Å². The molecule has 1 aromatic rings. The predicted molar refractivity (Wildman–Crippen MR) is 126 cm³/mol. The minimum atomic E-state index is -4.53. The molecule has 0 radical (unpaired) electrons. The summed E-state index contributed by atoms with van der Waals surface area (Å²) in [5, 5.41) is 12.1. The van der Waals surface area contributed by atoms with Gasteiger partial charge in [-0.3, -0.25) is 9.69 Å². The monoisotopic (exact) mass is 563 g/mol. The van der Waals surface area contributed by atoms with Crippen LogP contribution in [0.3, 0.4) is 0 Å². The highest BCUT2D eigenvalue weighted by atomic mass is 35.5. The van der Waals surface area contributed by atoms with Crippen LogP contribution in [0, 0.1) is 0 Å². The van der Waals surface area contributed by atoms with Gasteiger partial charge in [0.2, 0.25) is 15.9 Å². The molecule has 206 valence electrons. The number of hydrogen-bond acceptors (Lipinski definition) is 5. The number of halogens is 6. The fourth-order valence-electron chi connectivity index (χ4n) is 4.69. The Bertz CT molecular complexity index is 988. The van der Waals surface area contributed by atoms with Crippen LogP contribution in [0.5, 0.6) is 0 Å². The largest absolute Gasteiger partial charge is 0.416 e. The maximum absolute atomic E-state index is 13.9. The Morgan fingerprint density at radius 2 is 1.58 bits per heavy atom. The summed E-state index contributed by atoms with van der Waals surface area (Å²) in [7, 11) is -3.66. The number of amides is 1. The lowest BCUT2D eigenvalue weighted by atomic mass is 9.78. The molecule has 2 fully saturated rings. The third-order valence-electron chi connectivity index (χ3n) is 6.72. The van der Waals surface area contributed by atoms with E-state index >= 15 is 0 Å². The molecule has 36 heavy (non-hydrogen) atoms. The van der Waals surface area contributed by atoms with Crippen LogP contribution >= 0.6 is 12.4 Å². The third kappa shape index (κ3) is 7.50. The molecule has 2 N–H and O–H groups in total. The molecule has 0 bridgehead atoms. The smallest absolute Gasteiger partial charge is 0.392 e. The van der Waals surface area contributed by atoms with Crippen LogP contribution in [0.1, 0.15) is 48.5 Å². The van der Waals surface area contributed by atoms with Gasteiger partial charge in [0.1, 0.15) is 0 Å². The molecule has 3 rings (SSSR count). The number of alkyl halides is 5. The van der Waals surface area contributed by atoms with Gasteiger partial charge in [0.25, 0.3) is 5.91 Å². The van der Waals surface area contributed by atoms with Crippen LogP contribution in [0.25, 0.3) is 0 Å². The van der Waals surface area contributed by atoms with Crippen molar-refractivity contribution in [3.05, 3.63) is 35.4 Å². The zero-order valence-corrected chi connectivity index (χ0v) is 21.4. The van der Waals surface area contributed by atoms with E-state index in [0.717, 1.165) is 24.3 Å². The number of hydrogen-bond donors (Lipinski definition) is 2. The highest BCUT2D eigenvalue weighted by Crippen LogP contribution is 2.42.